The molecule has 6 heteroatoms. The van der Waals surface area contributed by atoms with E-state index in [1.165, 1.54) is 43.5 Å². The van der Waals surface area contributed by atoms with E-state index in [9.17, 15) is 4.79 Å². The summed E-state index contributed by atoms with van der Waals surface area (Å²) in [6, 6.07) is 14.2. The van der Waals surface area contributed by atoms with Crippen LogP contribution in [0.5, 0.6) is 0 Å². The Morgan fingerprint density at radius 2 is 1.50 bits per heavy atom. The van der Waals surface area contributed by atoms with Gasteiger partial charge in [0.25, 0.3) is 0 Å². The van der Waals surface area contributed by atoms with E-state index in [0.717, 1.165) is 44.6 Å². The lowest BCUT2D eigenvalue weighted by atomic mass is 9.95. The molecule has 32 heavy (non-hydrogen) atoms. The third-order valence-corrected chi connectivity index (χ3v) is 7.37. The maximum absolute atomic E-state index is 12.9. The summed E-state index contributed by atoms with van der Waals surface area (Å²) in [5.74, 6) is 0.267. The molecule has 0 atom stereocenters. The molecule has 4 rings (SSSR count). The summed E-state index contributed by atoms with van der Waals surface area (Å²) in [7, 11) is 0. The maximum Gasteiger partial charge on any atom is 0.223 e. The minimum atomic E-state index is 0.0844. The SMILES string of the molecule is O=C(NCc1ccccc1CN1CCCCC1)C1CCN(Cc2ccc(Cl)cc2Cl)CC1. The zero-order valence-corrected chi connectivity index (χ0v) is 20.2. The standard InChI is InChI=1S/C26H33Cl2N3O/c27-24-9-8-23(25(28)16-24)19-31-14-10-20(11-15-31)26(32)29-17-21-6-2-3-7-22(21)18-30-12-4-1-5-13-30/h2-3,6-9,16,20H,1,4-5,10-15,17-19H2,(H,29,32). The molecule has 2 aromatic rings. The summed E-state index contributed by atoms with van der Waals surface area (Å²) in [6.07, 6.45) is 5.70. The Labute approximate surface area is 201 Å². The van der Waals surface area contributed by atoms with Crippen LogP contribution in [0.1, 0.15) is 48.8 Å². The van der Waals surface area contributed by atoms with Crippen molar-refractivity contribution in [3.63, 3.8) is 0 Å². The van der Waals surface area contributed by atoms with E-state index in [-0.39, 0.29) is 11.8 Å². The molecule has 0 radical (unpaired) electrons. The molecule has 2 aliphatic heterocycles. The van der Waals surface area contributed by atoms with E-state index in [4.69, 9.17) is 23.2 Å². The van der Waals surface area contributed by atoms with Crippen molar-refractivity contribution in [3.8, 4) is 0 Å². The number of rotatable bonds is 7. The van der Waals surface area contributed by atoms with Crippen molar-refractivity contribution < 1.29 is 4.79 Å². The first-order valence-electron chi connectivity index (χ1n) is 11.8. The lowest BCUT2D eigenvalue weighted by molar-refractivity contribution is -0.126. The summed E-state index contributed by atoms with van der Waals surface area (Å²) < 4.78 is 0. The van der Waals surface area contributed by atoms with E-state index < -0.39 is 0 Å². The number of halogens is 2. The van der Waals surface area contributed by atoms with Gasteiger partial charge in [0.15, 0.2) is 0 Å². The Hall–Kier alpha value is -1.59. The monoisotopic (exact) mass is 473 g/mol. The summed E-state index contributed by atoms with van der Waals surface area (Å²) in [5.41, 5.74) is 3.66. The molecule has 1 amide bonds. The van der Waals surface area contributed by atoms with Gasteiger partial charge in [-0.05, 0) is 80.7 Å². The summed E-state index contributed by atoms with van der Waals surface area (Å²) in [4.78, 5) is 17.8. The van der Waals surface area contributed by atoms with Gasteiger partial charge in [-0.15, -0.1) is 0 Å². The third kappa shape index (κ3) is 6.48. The van der Waals surface area contributed by atoms with Crippen LogP contribution in [0.3, 0.4) is 0 Å². The largest absolute Gasteiger partial charge is 0.352 e. The first kappa shape index (κ1) is 23.6. The van der Waals surface area contributed by atoms with Crippen molar-refractivity contribution in [2.75, 3.05) is 26.2 Å². The van der Waals surface area contributed by atoms with E-state index >= 15 is 0 Å². The fraction of sp³-hybridized carbons (Fsp3) is 0.500. The number of nitrogens with zero attached hydrogens (tertiary/aromatic N) is 2. The van der Waals surface area contributed by atoms with Crippen molar-refractivity contribution in [2.24, 2.45) is 5.92 Å². The number of hydrogen-bond donors (Lipinski definition) is 1. The topological polar surface area (TPSA) is 35.6 Å². The predicted octanol–water partition coefficient (Wildman–Crippen LogP) is 5.51. The molecule has 2 aromatic carbocycles. The Morgan fingerprint density at radius 1 is 0.844 bits per heavy atom. The van der Waals surface area contributed by atoms with Crippen LogP contribution in [0, 0.1) is 5.92 Å². The van der Waals surface area contributed by atoms with Crippen molar-refractivity contribution >= 4 is 29.1 Å². The number of nitrogens with one attached hydrogen (secondary N) is 1. The lowest BCUT2D eigenvalue weighted by Gasteiger charge is -2.31. The van der Waals surface area contributed by atoms with Gasteiger partial charge < -0.3 is 5.32 Å². The highest BCUT2D eigenvalue weighted by molar-refractivity contribution is 6.35. The van der Waals surface area contributed by atoms with Gasteiger partial charge in [-0.25, -0.2) is 0 Å². The zero-order valence-electron chi connectivity index (χ0n) is 18.7. The Bertz CT molecular complexity index is 906. The van der Waals surface area contributed by atoms with Gasteiger partial charge in [0, 0.05) is 35.6 Å². The van der Waals surface area contributed by atoms with Crippen LogP contribution in [-0.4, -0.2) is 41.9 Å². The van der Waals surface area contributed by atoms with Crippen LogP contribution in [0.4, 0.5) is 0 Å². The molecular formula is C26H33Cl2N3O. The van der Waals surface area contributed by atoms with Gasteiger partial charge in [-0.3, -0.25) is 14.6 Å². The van der Waals surface area contributed by atoms with Crippen LogP contribution in [0.2, 0.25) is 10.0 Å². The quantitative estimate of drug-likeness (QED) is 0.575. The molecule has 172 valence electrons. The molecule has 2 fully saturated rings. The summed E-state index contributed by atoms with van der Waals surface area (Å²) in [5, 5.41) is 4.58. The fourth-order valence-corrected chi connectivity index (χ4v) is 5.28. The van der Waals surface area contributed by atoms with E-state index in [1.54, 1.807) is 6.07 Å². The van der Waals surface area contributed by atoms with Gasteiger partial charge in [-0.2, -0.15) is 0 Å². The second-order valence-electron chi connectivity index (χ2n) is 9.11. The normalized spacial score (nSPS) is 18.6. The average Bonchev–Trinajstić information content (AvgIpc) is 2.81. The van der Waals surface area contributed by atoms with Gasteiger partial charge >= 0.3 is 0 Å². The molecule has 0 unspecified atom stereocenters. The highest BCUT2D eigenvalue weighted by Gasteiger charge is 2.25. The predicted molar refractivity (Wildman–Crippen MR) is 132 cm³/mol. The molecule has 0 aromatic heterocycles. The number of likely N-dealkylation sites (tertiary alicyclic amines) is 2. The van der Waals surface area contributed by atoms with Crippen LogP contribution >= 0.6 is 23.2 Å². The van der Waals surface area contributed by atoms with Crippen molar-refractivity contribution in [1.29, 1.82) is 0 Å². The lowest BCUT2D eigenvalue weighted by Crippen LogP contribution is -2.40. The van der Waals surface area contributed by atoms with Crippen LogP contribution in [0.25, 0.3) is 0 Å². The second kappa shape index (κ2) is 11.5. The van der Waals surface area contributed by atoms with Crippen molar-refractivity contribution in [3.05, 3.63) is 69.2 Å². The smallest absolute Gasteiger partial charge is 0.223 e. The molecule has 0 spiro atoms. The molecule has 4 nitrogen and oxygen atoms in total. The summed E-state index contributed by atoms with van der Waals surface area (Å²) >= 11 is 12.3. The molecule has 0 saturated carbocycles. The molecule has 2 saturated heterocycles. The van der Waals surface area contributed by atoms with E-state index in [0.29, 0.717) is 16.6 Å². The number of carbonyl (C=O) groups is 1. The van der Waals surface area contributed by atoms with Crippen LogP contribution in [0.15, 0.2) is 42.5 Å². The van der Waals surface area contributed by atoms with Crippen molar-refractivity contribution in [1.82, 2.24) is 15.1 Å². The fourth-order valence-electron chi connectivity index (χ4n) is 4.81. The van der Waals surface area contributed by atoms with Gasteiger partial charge in [0.05, 0.1) is 0 Å². The first-order chi connectivity index (χ1) is 15.6. The Balaban J connectivity index is 1.25. The first-order valence-corrected chi connectivity index (χ1v) is 12.6. The molecular weight excluding hydrogens is 441 g/mol. The second-order valence-corrected chi connectivity index (χ2v) is 9.95. The summed E-state index contributed by atoms with van der Waals surface area (Å²) in [6.45, 7) is 6.57. The molecule has 2 aliphatic rings. The number of hydrogen-bond acceptors (Lipinski definition) is 3. The van der Waals surface area contributed by atoms with Gasteiger partial charge in [-0.1, -0.05) is 60.0 Å². The van der Waals surface area contributed by atoms with Crippen LogP contribution in [-0.2, 0) is 24.4 Å². The highest BCUT2D eigenvalue weighted by Crippen LogP contribution is 2.25. The number of amides is 1. The highest BCUT2D eigenvalue weighted by atomic mass is 35.5. The minimum Gasteiger partial charge on any atom is -0.352 e. The number of piperidine rings is 2. The molecule has 0 bridgehead atoms. The molecule has 2 heterocycles. The minimum absolute atomic E-state index is 0.0844. The molecule has 0 aliphatic carbocycles. The Kier molecular flexibility index (Phi) is 8.48. The van der Waals surface area contributed by atoms with Gasteiger partial charge in [0.2, 0.25) is 5.91 Å². The third-order valence-electron chi connectivity index (χ3n) is 6.78. The number of benzene rings is 2. The van der Waals surface area contributed by atoms with Gasteiger partial charge in [0.1, 0.15) is 0 Å². The van der Waals surface area contributed by atoms with Crippen LogP contribution < -0.4 is 5.32 Å². The maximum atomic E-state index is 12.9. The zero-order chi connectivity index (χ0) is 22.3. The van der Waals surface area contributed by atoms with E-state index in [2.05, 4.69) is 39.4 Å². The van der Waals surface area contributed by atoms with Crippen molar-refractivity contribution in [2.45, 2.75) is 51.7 Å². The Morgan fingerprint density at radius 3 is 2.22 bits per heavy atom. The molecule has 1 N–H and O–H groups in total. The number of carbonyl (C=O) groups excluding carboxylic acids is 1. The average molecular weight is 474 g/mol. The van der Waals surface area contributed by atoms with E-state index in [1.807, 2.05) is 12.1 Å².